The Morgan fingerprint density at radius 1 is 1.18 bits per heavy atom. The van der Waals surface area contributed by atoms with Gasteiger partial charge in [-0.15, -0.1) is 0 Å². The fraction of sp³-hybridized carbons (Fsp3) is 0.250. The predicted molar refractivity (Wildman–Crippen MR) is 127 cm³/mol. The summed E-state index contributed by atoms with van der Waals surface area (Å²) in [6, 6.07) is 3.23. The number of fused-ring (bicyclic) bond motifs is 1. The van der Waals surface area contributed by atoms with Crippen LogP contribution in [0.2, 0.25) is 5.02 Å². The van der Waals surface area contributed by atoms with Gasteiger partial charge in [-0.1, -0.05) is 11.6 Å². The lowest BCUT2D eigenvalue weighted by molar-refractivity contribution is 0.425. The summed E-state index contributed by atoms with van der Waals surface area (Å²) in [5, 5.41) is 11.2. The van der Waals surface area contributed by atoms with E-state index >= 15 is 0 Å². The van der Waals surface area contributed by atoms with Gasteiger partial charge in [0.05, 0.1) is 16.6 Å². The van der Waals surface area contributed by atoms with Gasteiger partial charge in [0, 0.05) is 30.5 Å². The minimum atomic E-state index is -4.29. The van der Waals surface area contributed by atoms with Crippen molar-refractivity contribution in [3.05, 3.63) is 47.1 Å². The molecule has 0 aliphatic rings. The second kappa shape index (κ2) is 9.44. The van der Waals surface area contributed by atoms with Crippen LogP contribution in [0.1, 0.15) is 5.69 Å². The highest BCUT2D eigenvalue weighted by atomic mass is 35.5. The molecule has 4 aromatic rings. The number of aromatic nitrogens is 6. The number of likely N-dealkylation sites (N-methyl/N-ethyl adjacent to an activating group) is 1. The Hall–Kier alpha value is -3.42. The lowest BCUT2D eigenvalue weighted by atomic mass is 10.2. The van der Waals surface area contributed by atoms with Gasteiger partial charge < -0.3 is 10.2 Å². The number of nitrogens with zero attached hydrogens (tertiary/aromatic N) is 6. The third-order valence-corrected chi connectivity index (χ3v) is 6.35. The Balaban J connectivity index is 1.61. The number of H-pyrrole nitrogens is 1. The summed E-state index contributed by atoms with van der Waals surface area (Å²) in [4.78, 5) is 18.6. The number of sulfonamides is 1. The second-order valence-corrected chi connectivity index (χ2v) is 9.72. The molecule has 3 aromatic heterocycles. The Bertz CT molecular complexity index is 1440. The molecule has 1 aromatic carbocycles. The number of anilines is 2. The van der Waals surface area contributed by atoms with E-state index in [2.05, 4.69) is 40.2 Å². The van der Waals surface area contributed by atoms with Crippen LogP contribution in [-0.2, 0) is 10.0 Å². The maximum atomic E-state index is 14.0. The van der Waals surface area contributed by atoms with E-state index in [1.165, 1.54) is 18.5 Å². The van der Waals surface area contributed by atoms with Crippen LogP contribution in [0, 0.1) is 12.7 Å². The van der Waals surface area contributed by atoms with Crippen LogP contribution in [0.25, 0.3) is 22.4 Å². The Kier molecular flexibility index (Phi) is 6.59. The first-order valence-corrected chi connectivity index (χ1v) is 11.9. The van der Waals surface area contributed by atoms with Gasteiger partial charge >= 0.3 is 0 Å². The normalized spacial score (nSPS) is 11.8. The number of rotatable bonds is 8. The largest absolute Gasteiger partial charge is 0.368 e. The van der Waals surface area contributed by atoms with Crippen LogP contribution in [0.5, 0.6) is 0 Å². The van der Waals surface area contributed by atoms with Crippen LogP contribution < -0.4 is 10.0 Å². The number of aryl methyl sites for hydroxylation is 1. The zero-order chi connectivity index (χ0) is 24.5. The highest BCUT2D eigenvalue weighted by Gasteiger charge is 2.21. The number of hydrogen-bond donors (Lipinski definition) is 3. The smallest absolute Gasteiger partial charge is 0.267 e. The quantitative estimate of drug-likeness (QED) is 0.329. The highest BCUT2D eigenvalue weighted by molar-refractivity contribution is 7.92. The van der Waals surface area contributed by atoms with Crippen molar-refractivity contribution in [3.63, 3.8) is 0 Å². The summed E-state index contributed by atoms with van der Waals surface area (Å²) >= 11 is 5.80. The van der Waals surface area contributed by atoms with Crippen LogP contribution in [0.4, 0.5) is 16.2 Å². The first-order valence-electron chi connectivity index (χ1n) is 10.1. The second-order valence-electron chi connectivity index (χ2n) is 7.63. The van der Waals surface area contributed by atoms with Gasteiger partial charge in [0.15, 0.2) is 11.5 Å². The van der Waals surface area contributed by atoms with Gasteiger partial charge in [-0.3, -0.25) is 5.10 Å². The molecule has 4 rings (SSSR count). The summed E-state index contributed by atoms with van der Waals surface area (Å²) < 4.78 is 41.2. The summed E-state index contributed by atoms with van der Waals surface area (Å²) in [6.45, 7) is 3.30. The van der Waals surface area contributed by atoms with E-state index in [0.717, 1.165) is 29.8 Å². The number of benzene rings is 1. The van der Waals surface area contributed by atoms with E-state index in [9.17, 15) is 12.8 Å². The van der Waals surface area contributed by atoms with Crippen molar-refractivity contribution in [2.45, 2.75) is 11.8 Å². The first-order chi connectivity index (χ1) is 16.1. The third-order valence-electron chi connectivity index (χ3n) is 4.77. The van der Waals surface area contributed by atoms with Crippen molar-refractivity contribution in [1.82, 2.24) is 35.0 Å². The predicted octanol–water partition coefficient (Wildman–Crippen LogP) is 2.69. The minimum absolute atomic E-state index is 0.0784. The van der Waals surface area contributed by atoms with E-state index in [1.807, 2.05) is 25.9 Å². The molecule has 0 saturated heterocycles. The van der Waals surface area contributed by atoms with Crippen LogP contribution in [0.15, 0.2) is 35.5 Å². The molecule has 0 spiro atoms. The zero-order valence-electron chi connectivity index (χ0n) is 18.5. The summed E-state index contributed by atoms with van der Waals surface area (Å²) in [5.41, 5.74) is 1.74. The number of hydrogen-bond acceptors (Lipinski definition) is 9. The van der Waals surface area contributed by atoms with Crippen molar-refractivity contribution >= 4 is 44.4 Å². The summed E-state index contributed by atoms with van der Waals surface area (Å²) in [6.07, 6.45) is 2.74. The van der Waals surface area contributed by atoms with Gasteiger partial charge in [-0.25, -0.2) is 37.5 Å². The number of nitrogens with one attached hydrogen (secondary N) is 3. The number of halogens is 2. The SMILES string of the molecule is Cc1n[nH]c2nc(-c3cnc(NS(=O)(=O)c4cc(Cl)ccc4F)nc3)nc(NCCN(C)C)c12. The zero-order valence-corrected chi connectivity index (χ0v) is 20.0. The molecule has 34 heavy (non-hydrogen) atoms. The molecule has 11 nitrogen and oxygen atoms in total. The van der Waals surface area contributed by atoms with E-state index in [-0.39, 0.29) is 11.0 Å². The van der Waals surface area contributed by atoms with Crippen molar-refractivity contribution in [2.24, 2.45) is 0 Å². The summed E-state index contributed by atoms with van der Waals surface area (Å²) in [5.74, 6) is -0.265. The molecule has 0 atom stereocenters. The standard InChI is InChI=1S/C20H21ClFN9O2S/c1-11-16-18(23-6-7-31(2)3)26-17(27-19(16)29-28-11)12-9-24-20(25-10-12)30-34(32,33)15-8-13(21)4-5-14(15)22/h4-5,8-10H,6-7H2,1-3H3,(H,24,25,30)(H2,23,26,27,28,29). The fourth-order valence-corrected chi connectivity index (χ4v) is 4.39. The molecule has 3 N–H and O–H groups in total. The molecule has 0 unspecified atom stereocenters. The monoisotopic (exact) mass is 505 g/mol. The fourth-order valence-electron chi connectivity index (χ4n) is 3.09. The lowest BCUT2D eigenvalue weighted by Gasteiger charge is -2.12. The highest BCUT2D eigenvalue weighted by Crippen LogP contribution is 2.26. The number of aromatic amines is 1. The van der Waals surface area contributed by atoms with Gasteiger partial charge in [-0.05, 0) is 39.2 Å². The third kappa shape index (κ3) is 5.05. The molecule has 3 heterocycles. The van der Waals surface area contributed by atoms with Gasteiger partial charge in [0.25, 0.3) is 10.0 Å². The lowest BCUT2D eigenvalue weighted by Crippen LogP contribution is -2.21. The van der Waals surface area contributed by atoms with E-state index in [0.29, 0.717) is 29.4 Å². The maximum Gasteiger partial charge on any atom is 0.267 e. The average Bonchev–Trinajstić information content (AvgIpc) is 3.16. The van der Waals surface area contributed by atoms with Crippen molar-refractivity contribution in [1.29, 1.82) is 0 Å². The van der Waals surface area contributed by atoms with E-state index in [4.69, 9.17) is 11.6 Å². The first kappa shape index (κ1) is 23.7. The van der Waals surface area contributed by atoms with E-state index < -0.39 is 20.7 Å². The molecule has 0 saturated carbocycles. The van der Waals surface area contributed by atoms with Gasteiger partial charge in [0.1, 0.15) is 16.5 Å². The minimum Gasteiger partial charge on any atom is -0.368 e. The van der Waals surface area contributed by atoms with Gasteiger partial charge in [0.2, 0.25) is 5.95 Å². The van der Waals surface area contributed by atoms with Crippen LogP contribution >= 0.6 is 11.6 Å². The topological polar surface area (TPSA) is 142 Å². The molecule has 0 amide bonds. The molecule has 0 aliphatic heterocycles. The molecule has 0 radical (unpaired) electrons. The van der Waals surface area contributed by atoms with Crippen molar-refractivity contribution in [3.8, 4) is 11.4 Å². The molecular formula is C20H21ClFN9O2S. The molecule has 0 bridgehead atoms. The van der Waals surface area contributed by atoms with Gasteiger partial charge in [-0.2, -0.15) is 5.10 Å². The maximum absolute atomic E-state index is 14.0. The average molecular weight is 506 g/mol. The molecule has 14 heteroatoms. The van der Waals surface area contributed by atoms with Crippen molar-refractivity contribution in [2.75, 3.05) is 37.2 Å². The van der Waals surface area contributed by atoms with Crippen molar-refractivity contribution < 1.29 is 12.8 Å². The van der Waals surface area contributed by atoms with Crippen LogP contribution in [0.3, 0.4) is 0 Å². The Morgan fingerprint density at radius 2 is 1.91 bits per heavy atom. The molecule has 0 fully saturated rings. The Labute approximate surface area is 199 Å². The summed E-state index contributed by atoms with van der Waals surface area (Å²) in [7, 11) is -0.343. The van der Waals surface area contributed by atoms with E-state index in [1.54, 1.807) is 0 Å². The Morgan fingerprint density at radius 3 is 2.62 bits per heavy atom. The van der Waals surface area contributed by atoms with Crippen LogP contribution in [-0.4, -0.2) is 70.6 Å². The molecule has 0 aliphatic carbocycles. The molecule has 178 valence electrons. The molecular weight excluding hydrogens is 485 g/mol.